The Labute approximate surface area is 582 Å². The highest BCUT2D eigenvalue weighted by molar-refractivity contribution is 7.89. The number of methoxy groups -OCH3 is 1. The number of hydrogen-bond donors (Lipinski definition) is 4. The number of urea groups is 1. The van der Waals surface area contributed by atoms with Crippen LogP contribution < -0.4 is 20.3 Å². The molecule has 4 aliphatic heterocycles. The van der Waals surface area contributed by atoms with Gasteiger partial charge in [-0.05, 0) is 134 Å². The molecule has 4 N–H and O–H groups in total. The van der Waals surface area contributed by atoms with Gasteiger partial charge in [0.2, 0.25) is 27.5 Å². The summed E-state index contributed by atoms with van der Waals surface area (Å²) in [6.07, 6.45) is 14.2. The van der Waals surface area contributed by atoms with Crippen LogP contribution in [-0.2, 0) is 95.6 Å². The first kappa shape index (κ1) is 77.1. The molecule has 0 unspecified atom stereocenters. The second-order valence-electron chi connectivity index (χ2n) is 25.3. The van der Waals surface area contributed by atoms with Crippen molar-refractivity contribution >= 4 is 114 Å². The number of benzene rings is 4. The van der Waals surface area contributed by atoms with Crippen molar-refractivity contribution in [3.63, 3.8) is 0 Å². The number of pyridine rings is 2. The third-order valence-corrected chi connectivity index (χ3v) is 22.4. The fourth-order valence-corrected chi connectivity index (χ4v) is 16.2. The lowest BCUT2D eigenvalue weighted by atomic mass is 9.79. The fourth-order valence-electron chi connectivity index (χ4n) is 13.4. The molecule has 536 valence electrons. The number of fused-ring (bicyclic) bond motifs is 7. The van der Waals surface area contributed by atoms with E-state index in [1.807, 2.05) is 73.3 Å². The first-order valence-electron chi connectivity index (χ1n) is 31.8. The molecule has 0 aliphatic carbocycles. The summed E-state index contributed by atoms with van der Waals surface area (Å²) >= 11 is 0. The topological polar surface area (TPSA) is 395 Å². The minimum atomic E-state index is -4.66. The molecule has 1 fully saturated rings. The minimum absolute atomic E-state index is 0.0363. The lowest BCUT2D eigenvalue weighted by Gasteiger charge is -2.27. The SMILES string of the molecule is COc1ccc([C@H](C)N2CCN(CCCc3nc4c(cc3CNC(=O)CCCN(C)S(=O)(=O)c3cccc5c6c(ccc35)[N+](CCCS(=O)(=O)O)=C(C=CC=CC=C3N(CCS(=O)(=O)[O-])c5ccc7ccc(S(=O)(=O)O)cc7c5C3(C)C)C6(C)C)CCCN4)C2=O)cn1.O=C=O.O=S(=O)=O. The summed E-state index contributed by atoms with van der Waals surface area (Å²) in [4.78, 5) is 57.8. The van der Waals surface area contributed by atoms with E-state index >= 15 is 0 Å². The van der Waals surface area contributed by atoms with Crippen LogP contribution >= 0.6 is 0 Å². The highest BCUT2D eigenvalue weighted by Gasteiger charge is 2.46. The smallest absolute Gasteiger partial charge is 0.425 e. The molecule has 6 heterocycles. The molecule has 100 heavy (non-hydrogen) atoms. The summed E-state index contributed by atoms with van der Waals surface area (Å²) in [6.45, 7) is 12.5. The van der Waals surface area contributed by atoms with Gasteiger partial charge in [-0.25, -0.2) is 35.9 Å². The quantitative estimate of drug-likeness (QED) is 0.0242. The number of carbonyl (C=O) groups is 2. The highest BCUT2D eigenvalue weighted by Crippen LogP contribution is 2.51. The maximum absolute atomic E-state index is 14.6. The van der Waals surface area contributed by atoms with Crippen LogP contribution in [0.4, 0.5) is 22.0 Å². The van der Waals surface area contributed by atoms with E-state index < -0.39 is 73.3 Å². The minimum Gasteiger partial charge on any atom is -0.748 e. The van der Waals surface area contributed by atoms with E-state index in [0.29, 0.717) is 82.5 Å². The first-order chi connectivity index (χ1) is 47.0. The van der Waals surface area contributed by atoms with Crippen LogP contribution in [0.25, 0.3) is 21.5 Å². The van der Waals surface area contributed by atoms with Crippen LogP contribution in [0.5, 0.6) is 5.88 Å². The first-order valence-corrected chi connectivity index (χ1v) is 38.9. The maximum atomic E-state index is 14.6. The Morgan fingerprint density at radius 2 is 1.59 bits per heavy atom. The number of allylic oxidation sites excluding steroid dienone is 6. The van der Waals surface area contributed by atoms with Crippen molar-refractivity contribution in [2.24, 2.45) is 0 Å². The number of carbonyl (C=O) groups excluding carboxylic acids is 4. The Hall–Kier alpha value is -8.63. The van der Waals surface area contributed by atoms with Gasteiger partial charge in [0.1, 0.15) is 12.4 Å². The zero-order valence-electron chi connectivity index (χ0n) is 56.1. The summed E-state index contributed by atoms with van der Waals surface area (Å²) < 4.78 is 167. The molecule has 33 heteroatoms. The van der Waals surface area contributed by atoms with Gasteiger partial charge in [-0.3, -0.25) is 13.9 Å². The monoisotopic (exact) mass is 1470 g/mol. The molecule has 4 aliphatic rings. The normalized spacial score (nSPS) is 16.4. The van der Waals surface area contributed by atoms with Gasteiger partial charge in [0, 0.05) is 124 Å². The molecular formula is C67H79N9O19S5. The van der Waals surface area contributed by atoms with E-state index in [1.54, 1.807) is 85.0 Å². The number of amides is 3. The van der Waals surface area contributed by atoms with Crippen molar-refractivity contribution in [2.45, 2.75) is 113 Å². The third kappa shape index (κ3) is 18.1. The molecule has 1 atom stereocenters. The third-order valence-electron chi connectivity index (χ3n) is 18.2. The van der Waals surface area contributed by atoms with Crippen molar-refractivity contribution in [3.05, 3.63) is 155 Å². The summed E-state index contributed by atoms with van der Waals surface area (Å²) in [6, 6.07) is 22.0. The molecule has 0 bridgehead atoms. The molecule has 4 aromatic carbocycles. The molecule has 2 aromatic heterocycles. The molecule has 0 saturated carbocycles. The second-order valence-corrected chi connectivity index (χ2v) is 32.2. The van der Waals surface area contributed by atoms with Crippen LogP contribution in [0.2, 0.25) is 0 Å². The standard InChI is InChI=1S/C66H79N9O14S4.CO2.O3S/c1-44(47-25-30-60(89-7)69-42-47)73-36-35-72(64(73)77)33-13-18-53-48(40-46-16-12-31-67-63(46)70-53)43-68-59(76)22-14-32-71(6)92(84,85)56-19-11-17-51-50(56)27-29-55-61(51)65(2,3)57(74(55)34-15-38-90(78,79)80)20-9-8-10-21-58-66(4,5)62-52-41-49(93(86,87)88)26-23-45(52)24-28-54(62)75(58)37-39-91(81,82)83;2-1-3;1-4(2)3/h8-11,17,19-21,23-30,40-42,44H,12-16,18,22,31-39,43H2,1-7H3,(H4-,67,68,70,76,78,79,80,81,82,83,86,87,88);;/t44-;;/m0../s1. The van der Waals surface area contributed by atoms with Crippen LogP contribution in [0.1, 0.15) is 106 Å². The molecule has 28 nitrogen and oxygen atoms in total. The average Bonchev–Trinajstić information content (AvgIpc) is 1.56. The van der Waals surface area contributed by atoms with Crippen molar-refractivity contribution in [1.82, 2.24) is 29.4 Å². The van der Waals surface area contributed by atoms with Crippen molar-refractivity contribution in [2.75, 3.05) is 81.7 Å². The fraction of sp³-hybridized carbons (Fsp3) is 0.403. The van der Waals surface area contributed by atoms with Gasteiger partial charge in [0.05, 0.1) is 50.0 Å². The zero-order chi connectivity index (χ0) is 73.3. The molecule has 3 amide bonds. The van der Waals surface area contributed by atoms with Crippen LogP contribution in [0, 0.1) is 0 Å². The number of nitrogens with one attached hydrogen (secondary N) is 2. The highest BCUT2D eigenvalue weighted by atomic mass is 32.2. The van der Waals surface area contributed by atoms with E-state index in [1.165, 1.54) is 23.5 Å². The molecule has 6 aromatic rings. The number of anilines is 2. The Kier molecular flexibility index (Phi) is 24.6. The number of sulfonamides is 1. The lowest BCUT2D eigenvalue weighted by Crippen LogP contribution is -2.34. The summed E-state index contributed by atoms with van der Waals surface area (Å²) in [7, 11) is -17.8. The van der Waals surface area contributed by atoms with E-state index in [9.17, 15) is 56.9 Å². The number of rotatable bonds is 26. The van der Waals surface area contributed by atoms with Crippen LogP contribution in [0.3, 0.4) is 0 Å². The maximum Gasteiger partial charge on any atom is 0.425 e. The Morgan fingerprint density at radius 3 is 2.26 bits per heavy atom. The van der Waals surface area contributed by atoms with Crippen LogP contribution in [0.15, 0.2) is 131 Å². The number of ether oxygens (including phenoxy) is 1. The zero-order valence-corrected chi connectivity index (χ0v) is 60.2. The summed E-state index contributed by atoms with van der Waals surface area (Å²) in [5.74, 6) is -0.141. The molecule has 0 radical (unpaired) electrons. The molecule has 0 spiro atoms. The van der Waals surface area contributed by atoms with Gasteiger partial charge in [-0.2, -0.15) is 31.0 Å². The van der Waals surface area contributed by atoms with Gasteiger partial charge in [0.15, 0.2) is 5.71 Å². The Morgan fingerprint density at radius 1 is 0.870 bits per heavy atom. The number of aryl methyl sites for hydroxylation is 2. The average molecular weight is 1470 g/mol. The van der Waals surface area contributed by atoms with Crippen molar-refractivity contribution in [1.29, 1.82) is 0 Å². The van der Waals surface area contributed by atoms with Crippen molar-refractivity contribution in [3.8, 4) is 5.88 Å². The lowest BCUT2D eigenvalue weighted by molar-refractivity contribution is -0.437. The largest absolute Gasteiger partial charge is 0.748 e. The summed E-state index contributed by atoms with van der Waals surface area (Å²) in [5.41, 5.74) is 6.04. The number of hydrogen-bond acceptors (Lipinski definition) is 21. The molecule has 10 rings (SSSR count). The van der Waals surface area contributed by atoms with Crippen LogP contribution in [-0.4, -0.2) is 184 Å². The predicted octanol–water partition coefficient (Wildman–Crippen LogP) is 6.95. The van der Waals surface area contributed by atoms with Gasteiger partial charge in [-0.1, -0.05) is 62.4 Å². The van der Waals surface area contributed by atoms with E-state index in [4.69, 9.17) is 31.9 Å². The van der Waals surface area contributed by atoms with E-state index in [-0.39, 0.29) is 79.4 Å². The van der Waals surface area contributed by atoms with Crippen molar-refractivity contribution < 1.29 is 88.4 Å². The van der Waals surface area contributed by atoms with E-state index in [0.717, 1.165) is 58.9 Å². The predicted molar refractivity (Wildman–Crippen MR) is 371 cm³/mol. The number of aromatic nitrogens is 2. The van der Waals surface area contributed by atoms with Gasteiger partial charge in [0.25, 0.3) is 20.2 Å². The second kappa shape index (κ2) is 31.9. The van der Waals surface area contributed by atoms with Gasteiger partial charge < -0.3 is 34.6 Å². The number of nitrogens with zero attached hydrogens (tertiary/aromatic N) is 7. The van der Waals surface area contributed by atoms with Gasteiger partial charge in [-0.15, -0.1) is 12.6 Å². The van der Waals surface area contributed by atoms with E-state index in [2.05, 4.69) is 21.7 Å². The molecular weight excluding hydrogens is 1400 g/mol. The van der Waals surface area contributed by atoms with Gasteiger partial charge >= 0.3 is 22.8 Å². The Bertz CT molecular complexity index is 4900. The summed E-state index contributed by atoms with van der Waals surface area (Å²) in [5, 5.41) is 8.74. The Balaban J connectivity index is 0.00000174. The molecule has 1 saturated heterocycles.